The molecule has 6 rings (SSSR count). The molecule has 0 spiro atoms. The number of carbonyl (C=O) groups excluding carboxylic acids is 13. The molecule has 126 heavy (non-hydrogen) atoms. The summed E-state index contributed by atoms with van der Waals surface area (Å²) in [6, 6.07) is 13.4. The monoisotopic (exact) mass is 1790 g/mol. The van der Waals surface area contributed by atoms with Gasteiger partial charge in [0.05, 0.1) is 88.5 Å². The second-order valence-corrected chi connectivity index (χ2v) is 35.8. The second kappa shape index (κ2) is 58.7. The summed E-state index contributed by atoms with van der Waals surface area (Å²) < 4.78 is 33.8. The average molecular weight is 1790 g/mol. The first-order chi connectivity index (χ1) is 59.9. The minimum atomic E-state index is -1.39. The molecule has 3 aliphatic heterocycles. The van der Waals surface area contributed by atoms with E-state index in [1.807, 2.05) is 91.2 Å². The standard InChI is InChI=1S/C64H97N9O11S.C25H43N3O9.C4H10/c1-13-42(6)57(54(83-12)38-55(77)73-29-18-22-51(73)50(39-74)44(8)52(75)36-47(60-66-28-34-85-60)35-45-20-15-14-16-21-45)70(10)61(79)49(40(2)3)37-53(76)56(41(4)5)71(11)64(82)84-58(62(80)72-32-30-69(9)31-33-72)46-23-25-48(26-24-46)68-59(78)43(7)19-17-27-67-63(65)81;1-4-20(29)25(19(2)3)27-22(31)8-11-34-13-15-36-17-18-37-16-14-35-12-9-26-21(30)7-10-28-23(32)5-6-24(28)33;1-4(2)3/h14-16,20-21,23-26,28,34,40-44,47,49-51,54,56-58,74H,13,17-19,22,27,29-33,35-39H2,1-12H3,(H,68,78)(H3,65,67,81);19,25H,4-18H2,1-3H3,(H,26,30)(H,27,31);4H,1-3H3/t42-,43-,44+,47+,49-,50+,51-,54+,56-,57-,58?;25-;/m00./s1. The van der Waals surface area contributed by atoms with Crippen molar-refractivity contribution in [2.45, 2.75) is 229 Å². The van der Waals surface area contributed by atoms with E-state index in [0.29, 0.717) is 148 Å². The van der Waals surface area contributed by atoms with Crippen molar-refractivity contribution in [2.75, 3.05) is 145 Å². The van der Waals surface area contributed by atoms with Crippen molar-refractivity contribution >= 4 is 93.8 Å². The van der Waals surface area contributed by atoms with Crippen molar-refractivity contribution in [3.63, 3.8) is 0 Å². The number of anilines is 1. The Labute approximate surface area is 752 Å². The summed E-state index contributed by atoms with van der Waals surface area (Å²) in [5, 5.41) is 24.6. The molecule has 0 saturated carbocycles. The number of piperazine rings is 1. The molecular formula is C93H150N12O20S. The number of urea groups is 1. The molecule has 4 heterocycles. The Bertz CT molecular complexity index is 3790. The van der Waals surface area contributed by atoms with Crippen molar-refractivity contribution in [3.8, 4) is 0 Å². The zero-order chi connectivity index (χ0) is 93.7. The smallest absolute Gasteiger partial charge is 0.411 e. The highest BCUT2D eigenvalue weighted by molar-refractivity contribution is 7.09. The number of benzene rings is 2. The number of amides is 11. The van der Waals surface area contributed by atoms with Gasteiger partial charge >= 0.3 is 12.1 Å². The van der Waals surface area contributed by atoms with Gasteiger partial charge in [0, 0.05) is 184 Å². The fourth-order valence-corrected chi connectivity index (χ4v) is 16.4. The Morgan fingerprint density at radius 3 is 1.82 bits per heavy atom. The summed E-state index contributed by atoms with van der Waals surface area (Å²) in [5.74, 6) is -4.78. The van der Waals surface area contributed by atoms with Crippen LogP contribution in [-0.2, 0) is 87.6 Å². The lowest BCUT2D eigenvalue weighted by molar-refractivity contribution is -0.148. The molecule has 3 aliphatic rings. The van der Waals surface area contributed by atoms with Gasteiger partial charge in [-0.2, -0.15) is 0 Å². The summed E-state index contributed by atoms with van der Waals surface area (Å²) in [6.07, 6.45) is 3.48. The number of likely N-dealkylation sites (tertiary alicyclic amines) is 2. The average Bonchev–Trinajstić information content (AvgIpc) is 1.04. The highest BCUT2D eigenvalue weighted by atomic mass is 32.1. The van der Waals surface area contributed by atoms with E-state index in [2.05, 4.69) is 51.9 Å². The number of methoxy groups -OCH3 is 1. The number of hydrogen-bond acceptors (Lipinski definition) is 23. The van der Waals surface area contributed by atoms with Crippen LogP contribution < -0.4 is 27.0 Å². The summed E-state index contributed by atoms with van der Waals surface area (Å²) in [6.45, 7) is 33.0. The minimum Gasteiger partial charge on any atom is -0.431 e. The summed E-state index contributed by atoms with van der Waals surface area (Å²) >= 11 is 1.52. The van der Waals surface area contributed by atoms with Gasteiger partial charge in [-0.05, 0) is 86.4 Å². The number of aromatic nitrogens is 1. The number of carbonyl (C=O) groups is 13. The lowest BCUT2D eigenvalue weighted by atomic mass is 9.80. The highest BCUT2D eigenvalue weighted by Gasteiger charge is 2.45. The van der Waals surface area contributed by atoms with Gasteiger partial charge in [0.1, 0.15) is 5.78 Å². The lowest BCUT2D eigenvalue weighted by Gasteiger charge is -2.41. The number of nitrogens with one attached hydrogen (secondary N) is 4. The van der Waals surface area contributed by atoms with Crippen LogP contribution in [0.4, 0.5) is 15.3 Å². The third-order valence-electron chi connectivity index (χ3n) is 23.2. The number of primary amides is 1. The zero-order valence-corrected chi connectivity index (χ0v) is 79.1. The normalized spacial score (nSPS) is 16.8. The highest BCUT2D eigenvalue weighted by Crippen LogP contribution is 2.36. The van der Waals surface area contributed by atoms with Crippen molar-refractivity contribution in [2.24, 2.45) is 59.0 Å². The van der Waals surface area contributed by atoms with Crippen LogP contribution in [0.3, 0.4) is 0 Å². The van der Waals surface area contributed by atoms with Gasteiger partial charge in [0.2, 0.25) is 47.5 Å². The molecule has 0 aliphatic carbocycles. The molecule has 0 radical (unpaired) electrons. The minimum absolute atomic E-state index is 0.00726. The molecular weight excluding hydrogens is 1640 g/mol. The van der Waals surface area contributed by atoms with Crippen molar-refractivity contribution in [1.82, 2.24) is 50.3 Å². The summed E-state index contributed by atoms with van der Waals surface area (Å²) in [4.78, 5) is 184. The van der Waals surface area contributed by atoms with Crippen LogP contribution in [0, 0.1) is 53.3 Å². The fourth-order valence-electron chi connectivity index (χ4n) is 15.6. The van der Waals surface area contributed by atoms with Gasteiger partial charge in [0.15, 0.2) is 11.6 Å². The first-order valence-corrected chi connectivity index (χ1v) is 46.1. The van der Waals surface area contributed by atoms with Crippen LogP contribution in [0.15, 0.2) is 66.2 Å². The van der Waals surface area contributed by atoms with E-state index in [1.54, 1.807) is 79.9 Å². The molecule has 3 fully saturated rings. The van der Waals surface area contributed by atoms with Crippen LogP contribution in [0.2, 0.25) is 0 Å². The van der Waals surface area contributed by atoms with Gasteiger partial charge in [-0.3, -0.25) is 57.6 Å². The molecule has 3 aromatic rings. The van der Waals surface area contributed by atoms with Crippen molar-refractivity contribution in [3.05, 3.63) is 82.3 Å². The maximum atomic E-state index is 15.0. The molecule has 7 N–H and O–H groups in total. The van der Waals surface area contributed by atoms with E-state index >= 15 is 4.79 Å². The predicted molar refractivity (Wildman–Crippen MR) is 483 cm³/mol. The van der Waals surface area contributed by atoms with E-state index < -0.39 is 72.0 Å². The van der Waals surface area contributed by atoms with E-state index in [0.717, 1.165) is 21.4 Å². The SMILES string of the molecule is CC(C)C.CCC(=O)[C@@H](NC(=O)CCOCCOCCOCCOCCNC(=O)CCN1C(=O)CCC1=O)C(C)C.CC[C@H](C)[C@@H]([C@@H](CC(=O)N1CCC[C@H]1[C@H](CO)[C@@H](C)C(=O)C[C@@H](Cc1ccccc1)c1nccs1)OC)N(C)C(=O)[C@@H](CC(=O)[C@H](C(C)C)N(C)C(=O)OC(C(=O)N1CCN(C)CC1)c1ccc(NC(=O)[C@@H](C)CCCNC(N)=O)cc1)C(C)C. The number of aliphatic hydroxyl groups excluding tert-OH is 1. The van der Waals surface area contributed by atoms with Crippen molar-refractivity contribution < 1.29 is 95.9 Å². The molecule has 1 aromatic heterocycles. The predicted octanol–water partition coefficient (Wildman–Crippen LogP) is 9.69. The summed E-state index contributed by atoms with van der Waals surface area (Å²) in [5.41, 5.74) is 7.09. The molecule has 32 nitrogen and oxygen atoms in total. The van der Waals surface area contributed by atoms with Crippen molar-refractivity contribution in [1.29, 1.82) is 0 Å². The number of thiazole rings is 1. The number of likely N-dealkylation sites (N-methyl/N-ethyl adjacent to an activating group) is 3. The Morgan fingerprint density at radius 2 is 1.28 bits per heavy atom. The first-order valence-electron chi connectivity index (χ1n) is 45.2. The maximum Gasteiger partial charge on any atom is 0.411 e. The van der Waals surface area contributed by atoms with Crippen LogP contribution in [-0.4, -0.2) is 287 Å². The van der Waals surface area contributed by atoms with Gasteiger partial charge in [-0.25, -0.2) is 14.6 Å². The first kappa shape index (κ1) is 110. The third kappa shape index (κ3) is 37.9. The van der Waals surface area contributed by atoms with Gasteiger partial charge in [0.25, 0.3) is 5.91 Å². The van der Waals surface area contributed by atoms with E-state index in [9.17, 15) is 62.6 Å². The Kier molecular flexibility index (Phi) is 51.1. The van der Waals surface area contributed by atoms with Crippen LogP contribution >= 0.6 is 11.3 Å². The topological polar surface area (TPSA) is 404 Å². The number of ether oxygens (including phenoxy) is 6. The van der Waals surface area contributed by atoms with Crippen LogP contribution in [0.5, 0.6) is 0 Å². The molecule has 11 amide bonds. The van der Waals surface area contributed by atoms with Gasteiger partial charge < -0.3 is 85.0 Å². The number of aliphatic hydroxyl groups is 1. The Morgan fingerprint density at radius 1 is 0.675 bits per heavy atom. The number of hydrogen-bond donors (Lipinski definition) is 6. The van der Waals surface area contributed by atoms with Gasteiger partial charge in [-0.1, -0.05) is 146 Å². The molecule has 2 aromatic carbocycles. The van der Waals surface area contributed by atoms with E-state index in [-0.39, 0.29) is 159 Å². The third-order valence-corrected chi connectivity index (χ3v) is 24.1. The number of imide groups is 1. The summed E-state index contributed by atoms with van der Waals surface area (Å²) in [7, 11) is 6.64. The number of ketones is 3. The van der Waals surface area contributed by atoms with E-state index in [4.69, 9.17) is 34.2 Å². The molecule has 33 heteroatoms. The molecule has 0 bridgehead atoms. The number of rotatable bonds is 54. The Hall–Kier alpha value is -8.70. The van der Waals surface area contributed by atoms with Crippen LogP contribution in [0.25, 0.3) is 0 Å². The van der Waals surface area contributed by atoms with Crippen LogP contribution in [0.1, 0.15) is 209 Å². The molecule has 3 saturated heterocycles. The number of nitrogens with zero attached hydrogens (tertiary/aromatic N) is 7. The number of nitrogens with two attached hydrogens (primary N) is 1. The molecule has 1 unspecified atom stereocenters. The fraction of sp³-hybridized carbons (Fsp3) is 0.699. The molecule has 12 atom stereocenters. The second-order valence-electron chi connectivity index (χ2n) is 34.9. The zero-order valence-electron chi connectivity index (χ0n) is 78.3. The number of Topliss-reactive ketones (excluding diaryl/α,β-unsaturated/α-hetero) is 3. The lowest BCUT2D eigenvalue weighted by Crippen LogP contribution is -2.54. The Balaban J connectivity index is 0.000000674. The van der Waals surface area contributed by atoms with Gasteiger partial charge in [-0.15, -0.1) is 11.3 Å². The maximum absolute atomic E-state index is 15.0. The molecule has 708 valence electrons. The van der Waals surface area contributed by atoms with E-state index in [1.165, 1.54) is 30.4 Å². The quantitative estimate of drug-likeness (QED) is 0.0226. The largest absolute Gasteiger partial charge is 0.431 e.